The molecule has 9 heteroatoms. The minimum atomic E-state index is -0.507. The highest BCUT2D eigenvalue weighted by atomic mass is 16.6. The maximum Gasteiger partial charge on any atom is 0.312 e. The Bertz CT molecular complexity index is 753. The van der Waals surface area contributed by atoms with E-state index in [0.29, 0.717) is 22.7 Å². The van der Waals surface area contributed by atoms with Gasteiger partial charge in [-0.25, -0.2) is 0 Å². The van der Waals surface area contributed by atoms with Crippen molar-refractivity contribution in [1.29, 1.82) is 0 Å². The highest BCUT2D eigenvalue weighted by Crippen LogP contribution is 2.27. The highest BCUT2D eigenvalue weighted by molar-refractivity contribution is 5.45. The van der Waals surface area contributed by atoms with E-state index in [1.54, 1.807) is 13.8 Å². The fourth-order valence-corrected chi connectivity index (χ4v) is 2.27. The van der Waals surface area contributed by atoms with E-state index in [4.69, 9.17) is 4.74 Å². The summed E-state index contributed by atoms with van der Waals surface area (Å²) in [7, 11) is 1.45. The van der Waals surface area contributed by atoms with E-state index >= 15 is 0 Å². The molecule has 0 unspecified atom stereocenters. The Kier molecular flexibility index (Phi) is 4.06. The maximum atomic E-state index is 11.0. The number of rotatable bonds is 5. The molecule has 2 rings (SSSR count). The molecule has 0 spiro atoms. The fourth-order valence-electron chi connectivity index (χ4n) is 2.27. The van der Waals surface area contributed by atoms with Crippen LogP contribution in [0.5, 0.6) is 5.75 Å². The number of aromatic nitrogens is 2. The van der Waals surface area contributed by atoms with Gasteiger partial charge in [-0.2, -0.15) is 5.10 Å². The molecule has 0 amide bonds. The first-order valence-electron chi connectivity index (χ1n) is 6.34. The zero-order valence-electron chi connectivity index (χ0n) is 12.3. The van der Waals surface area contributed by atoms with Gasteiger partial charge in [-0.3, -0.25) is 24.9 Å². The largest absolute Gasteiger partial charge is 0.496 e. The summed E-state index contributed by atoms with van der Waals surface area (Å²) in [5.41, 5.74) is 1.08. The number of non-ortho nitro benzene ring substituents is 1. The summed E-state index contributed by atoms with van der Waals surface area (Å²) in [6.07, 6.45) is 0. The molecule has 9 nitrogen and oxygen atoms in total. The molecule has 0 aliphatic rings. The Balaban J connectivity index is 2.46. The summed E-state index contributed by atoms with van der Waals surface area (Å²) >= 11 is 0. The lowest BCUT2D eigenvalue weighted by atomic mass is 10.1. The van der Waals surface area contributed by atoms with E-state index < -0.39 is 9.85 Å². The normalized spacial score (nSPS) is 10.5. The van der Waals surface area contributed by atoms with E-state index in [1.165, 1.54) is 30.0 Å². The predicted octanol–water partition coefficient (Wildman–Crippen LogP) is 2.37. The SMILES string of the molecule is COc1ccc([N+](=O)[O-])cc1Cn1nc(C)c([N+](=O)[O-])c1C. The monoisotopic (exact) mass is 306 g/mol. The van der Waals surface area contributed by atoms with Crippen molar-refractivity contribution in [2.75, 3.05) is 7.11 Å². The summed E-state index contributed by atoms with van der Waals surface area (Å²) in [6.45, 7) is 3.28. The maximum absolute atomic E-state index is 11.0. The molecule has 2 aromatic rings. The third kappa shape index (κ3) is 2.73. The van der Waals surface area contributed by atoms with Crippen LogP contribution >= 0.6 is 0 Å². The highest BCUT2D eigenvalue weighted by Gasteiger charge is 2.22. The van der Waals surface area contributed by atoms with Crippen molar-refractivity contribution in [3.8, 4) is 5.75 Å². The molecule has 1 aromatic heterocycles. The second-order valence-corrected chi connectivity index (χ2v) is 4.69. The second kappa shape index (κ2) is 5.80. The van der Waals surface area contributed by atoms with Gasteiger partial charge in [0.2, 0.25) is 0 Å². The minimum Gasteiger partial charge on any atom is -0.496 e. The zero-order chi connectivity index (χ0) is 16.4. The lowest BCUT2D eigenvalue weighted by Crippen LogP contribution is -2.06. The number of hydrogen-bond donors (Lipinski definition) is 0. The number of hydrogen-bond acceptors (Lipinski definition) is 6. The van der Waals surface area contributed by atoms with Crippen molar-refractivity contribution in [3.05, 3.63) is 55.4 Å². The molecule has 0 bridgehead atoms. The molecular weight excluding hydrogens is 292 g/mol. The van der Waals surface area contributed by atoms with Crippen LogP contribution in [0.15, 0.2) is 18.2 Å². The predicted molar refractivity (Wildman–Crippen MR) is 77.1 cm³/mol. The molecule has 0 aliphatic carbocycles. The molecule has 1 aromatic carbocycles. The van der Waals surface area contributed by atoms with E-state index in [9.17, 15) is 20.2 Å². The number of benzene rings is 1. The topological polar surface area (TPSA) is 113 Å². The van der Waals surface area contributed by atoms with Gasteiger partial charge in [0, 0.05) is 17.7 Å². The molecule has 1 heterocycles. The quantitative estimate of drug-likeness (QED) is 0.619. The molecule has 0 fully saturated rings. The van der Waals surface area contributed by atoms with Crippen molar-refractivity contribution < 1.29 is 14.6 Å². The van der Waals surface area contributed by atoms with Gasteiger partial charge in [0.25, 0.3) is 5.69 Å². The molecular formula is C13H14N4O5. The average Bonchev–Trinajstić information content (AvgIpc) is 2.73. The molecule has 0 saturated heterocycles. The smallest absolute Gasteiger partial charge is 0.312 e. The van der Waals surface area contributed by atoms with Crippen molar-refractivity contribution in [2.45, 2.75) is 20.4 Å². The van der Waals surface area contributed by atoms with Gasteiger partial charge in [-0.05, 0) is 19.9 Å². The number of nitro benzene ring substituents is 1. The summed E-state index contributed by atoms with van der Waals surface area (Å²) < 4.78 is 6.62. The van der Waals surface area contributed by atoms with E-state index in [2.05, 4.69) is 5.10 Å². The zero-order valence-corrected chi connectivity index (χ0v) is 12.3. The van der Waals surface area contributed by atoms with Gasteiger partial charge in [0.1, 0.15) is 17.1 Å². The van der Waals surface area contributed by atoms with Gasteiger partial charge >= 0.3 is 5.69 Å². The number of ether oxygens (including phenoxy) is 1. The Morgan fingerprint density at radius 2 is 1.91 bits per heavy atom. The summed E-state index contributed by atoms with van der Waals surface area (Å²) in [6, 6.07) is 4.21. The Labute approximate surface area is 125 Å². The van der Waals surface area contributed by atoms with E-state index in [1.807, 2.05) is 0 Å². The van der Waals surface area contributed by atoms with Crippen molar-refractivity contribution >= 4 is 11.4 Å². The Morgan fingerprint density at radius 3 is 2.41 bits per heavy atom. The number of nitro groups is 2. The first-order valence-corrected chi connectivity index (χ1v) is 6.34. The lowest BCUT2D eigenvalue weighted by molar-refractivity contribution is -0.386. The van der Waals surface area contributed by atoms with Crippen LogP contribution < -0.4 is 4.74 Å². The molecule has 0 aliphatic heterocycles. The number of aryl methyl sites for hydroxylation is 1. The molecule has 22 heavy (non-hydrogen) atoms. The van der Waals surface area contributed by atoms with Crippen molar-refractivity contribution in [2.24, 2.45) is 0 Å². The van der Waals surface area contributed by atoms with Gasteiger partial charge in [-0.1, -0.05) is 0 Å². The van der Waals surface area contributed by atoms with Crippen LogP contribution in [-0.4, -0.2) is 26.7 Å². The standard InChI is InChI=1S/C13H14N4O5/c1-8-13(17(20)21)9(2)15(14-8)7-10-6-11(16(18)19)4-5-12(10)22-3/h4-6H,7H2,1-3H3. The summed E-state index contributed by atoms with van der Waals surface area (Å²) in [5.74, 6) is 0.459. The minimum absolute atomic E-state index is 0.0515. The van der Waals surface area contributed by atoms with Crippen LogP contribution in [0, 0.1) is 34.1 Å². The van der Waals surface area contributed by atoms with Gasteiger partial charge in [-0.15, -0.1) is 0 Å². The van der Waals surface area contributed by atoms with E-state index in [-0.39, 0.29) is 17.9 Å². The third-order valence-corrected chi connectivity index (χ3v) is 3.32. The van der Waals surface area contributed by atoms with Gasteiger partial charge in [0.15, 0.2) is 0 Å². The summed E-state index contributed by atoms with van der Waals surface area (Å²) in [5, 5.41) is 26.0. The molecule has 0 N–H and O–H groups in total. The van der Waals surface area contributed by atoms with Crippen LogP contribution in [0.25, 0.3) is 0 Å². The molecule has 0 atom stereocenters. The first-order chi connectivity index (χ1) is 10.3. The number of methoxy groups -OCH3 is 1. The average molecular weight is 306 g/mol. The molecule has 116 valence electrons. The van der Waals surface area contributed by atoms with Crippen molar-refractivity contribution in [1.82, 2.24) is 9.78 Å². The Hall–Kier alpha value is -2.97. The number of nitrogens with zero attached hydrogens (tertiary/aromatic N) is 4. The Morgan fingerprint density at radius 1 is 1.23 bits per heavy atom. The fraction of sp³-hybridized carbons (Fsp3) is 0.308. The third-order valence-electron chi connectivity index (χ3n) is 3.32. The molecule has 0 radical (unpaired) electrons. The molecule has 0 saturated carbocycles. The van der Waals surface area contributed by atoms with Gasteiger partial charge < -0.3 is 4.74 Å². The van der Waals surface area contributed by atoms with Crippen LogP contribution in [0.3, 0.4) is 0 Å². The van der Waals surface area contributed by atoms with Gasteiger partial charge in [0.05, 0.1) is 23.5 Å². The lowest BCUT2D eigenvalue weighted by Gasteiger charge is -2.09. The van der Waals surface area contributed by atoms with Crippen LogP contribution in [0.2, 0.25) is 0 Å². The van der Waals surface area contributed by atoms with Crippen LogP contribution in [0.4, 0.5) is 11.4 Å². The first kappa shape index (κ1) is 15.4. The van der Waals surface area contributed by atoms with Crippen LogP contribution in [-0.2, 0) is 6.54 Å². The van der Waals surface area contributed by atoms with E-state index in [0.717, 1.165) is 0 Å². The second-order valence-electron chi connectivity index (χ2n) is 4.69. The summed E-state index contributed by atoms with van der Waals surface area (Å²) in [4.78, 5) is 20.9. The van der Waals surface area contributed by atoms with Crippen molar-refractivity contribution in [3.63, 3.8) is 0 Å². The van der Waals surface area contributed by atoms with Crippen LogP contribution in [0.1, 0.15) is 17.0 Å².